The monoisotopic (exact) mass is 390 g/mol. The average Bonchev–Trinajstić information content (AvgIpc) is 2.40. The molecule has 0 unspecified atom stereocenters. The largest absolute Gasteiger partial charge is 0.416 e. The maximum absolute atomic E-state index is 12.6. The molecule has 0 aliphatic heterocycles. The van der Waals surface area contributed by atoms with Gasteiger partial charge in [-0.25, -0.2) is 0 Å². The first-order valence-electron chi connectivity index (χ1n) is 5.91. The zero-order valence-corrected chi connectivity index (χ0v) is 12.5. The summed E-state index contributed by atoms with van der Waals surface area (Å²) in [4.78, 5) is 11.8. The van der Waals surface area contributed by atoms with Crippen molar-refractivity contribution >= 4 is 34.5 Å². The highest BCUT2D eigenvalue weighted by atomic mass is 127. The topological polar surface area (TPSA) is 17.1 Å². The summed E-state index contributed by atoms with van der Waals surface area (Å²) in [7, 11) is 0. The van der Waals surface area contributed by atoms with Crippen LogP contribution in [0.1, 0.15) is 24.0 Å². The molecule has 1 aromatic carbocycles. The van der Waals surface area contributed by atoms with Crippen LogP contribution in [0.2, 0.25) is 0 Å². The lowest BCUT2D eigenvalue weighted by Gasteiger charge is -2.08. The molecular formula is C15H10F3IO. The summed E-state index contributed by atoms with van der Waals surface area (Å²) in [6, 6.07) is 4.95. The van der Waals surface area contributed by atoms with Gasteiger partial charge in [0.25, 0.3) is 0 Å². The average molecular weight is 390 g/mol. The van der Waals surface area contributed by atoms with E-state index in [1.165, 1.54) is 12.1 Å². The Balaban J connectivity index is 2.33. The number of halogens is 4. The summed E-state index contributed by atoms with van der Waals surface area (Å²) in [5.74, 6) is -0.0972. The van der Waals surface area contributed by atoms with E-state index >= 15 is 0 Å². The Morgan fingerprint density at radius 3 is 2.75 bits per heavy atom. The van der Waals surface area contributed by atoms with E-state index in [2.05, 4.69) is 5.73 Å². The molecule has 0 spiro atoms. The van der Waals surface area contributed by atoms with Crippen molar-refractivity contribution in [1.29, 1.82) is 0 Å². The van der Waals surface area contributed by atoms with Crippen molar-refractivity contribution < 1.29 is 18.0 Å². The van der Waals surface area contributed by atoms with Crippen molar-refractivity contribution in [3.8, 4) is 0 Å². The summed E-state index contributed by atoms with van der Waals surface area (Å²) in [6.07, 6.45) is 0.232. The zero-order chi connectivity index (χ0) is 14.8. The van der Waals surface area contributed by atoms with Crippen LogP contribution in [0.4, 0.5) is 13.2 Å². The van der Waals surface area contributed by atoms with Crippen molar-refractivity contribution in [3.05, 3.63) is 56.4 Å². The third-order valence-electron chi connectivity index (χ3n) is 2.84. The fourth-order valence-electron chi connectivity index (χ4n) is 1.81. The van der Waals surface area contributed by atoms with Gasteiger partial charge in [0, 0.05) is 5.57 Å². The summed E-state index contributed by atoms with van der Waals surface area (Å²) >= 11 is 1.96. The predicted octanol–water partition coefficient (Wildman–Crippen LogP) is 4.93. The molecule has 20 heavy (non-hydrogen) atoms. The minimum Gasteiger partial charge on any atom is -0.288 e. The van der Waals surface area contributed by atoms with E-state index in [1.807, 2.05) is 28.7 Å². The smallest absolute Gasteiger partial charge is 0.288 e. The number of benzene rings is 1. The Kier molecular flexibility index (Phi) is 4.50. The minimum absolute atomic E-state index is 0.0972. The molecule has 104 valence electrons. The molecule has 0 heterocycles. The van der Waals surface area contributed by atoms with Crippen molar-refractivity contribution in [2.75, 3.05) is 0 Å². The van der Waals surface area contributed by atoms with Crippen LogP contribution in [0.25, 0.3) is 6.08 Å². The maximum Gasteiger partial charge on any atom is 0.416 e. The summed E-state index contributed by atoms with van der Waals surface area (Å²) in [6.45, 7) is 0. The van der Waals surface area contributed by atoms with E-state index in [-0.39, 0.29) is 5.78 Å². The Hall–Kier alpha value is -1.33. The Bertz CT molecular complexity index is 635. The second-order valence-electron chi connectivity index (χ2n) is 4.31. The van der Waals surface area contributed by atoms with E-state index in [0.29, 0.717) is 21.1 Å². The predicted molar refractivity (Wildman–Crippen MR) is 79.3 cm³/mol. The second-order valence-corrected chi connectivity index (χ2v) is 5.47. The third kappa shape index (κ3) is 3.61. The molecule has 0 fully saturated rings. The highest BCUT2D eigenvalue weighted by molar-refractivity contribution is 14.1. The number of alkyl halides is 3. The van der Waals surface area contributed by atoms with Crippen LogP contribution in [0, 0.1) is 0 Å². The van der Waals surface area contributed by atoms with Crippen molar-refractivity contribution in [3.63, 3.8) is 0 Å². The standard InChI is InChI=1S/C15H10F3IO/c16-15(17,18)12-5-1-3-10(9-12)7-8-11-4-2-6-13(19)14(11)20/h1,3,5-7,9H,2,4H2. The highest BCUT2D eigenvalue weighted by Gasteiger charge is 2.30. The Labute approximate surface area is 128 Å². The number of carbonyl (C=O) groups excluding carboxylic acids is 1. The van der Waals surface area contributed by atoms with Crippen molar-refractivity contribution in [2.24, 2.45) is 0 Å². The quantitative estimate of drug-likeness (QED) is 0.378. The van der Waals surface area contributed by atoms with Crippen molar-refractivity contribution in [2.45, 2.75) is 19.0 Å². The van der Waals surface area contributed by atoms with Gasteiger partial charge in [-0.05, 0) is 59.2 Å². The number of ketones is 1. The number of Topliss-reactive ketones (excluding diaryl/α,β-unsaturated/α-hetero) is 1. The summed E-state index contributed by atoms with van der Waals surface area (Å²) < 4.78 is 38.4. The van der Waals surface area contributed by atoms with Crippen LogP contribution in [0.5, 0.6) is 0 Å². The van der Waals surface area contributed by atoms with Gasteiger partial charge in [0.2, 0.25) is 5.78 Å². The number of rotatable bonds is 1. The van der Waals surface area contributed by atoms with Gasteiger partial charge in [-0.1, -0.05) is 18.2 Å². The summed E-state index contributed by atoms with van der Waals surface area (Å²) in [5, 5.41) is 0. The molecule has 0 saturated carbocycles. The minimum atomic E-state index is -4.37. The first kappa shape index (κ1) is 15.1. The number of hydrogen-bond donors (Lipinski definition) is 0. The molecule has 1 nitrogen and oxygen atoms in total. The van der Waals surface area contributed by atoms with Crippen LogP contribution in [-0.2, 0) is 11.0 Å². The molecule has 0 radical (unpaired) electrons. The SMILES string of the molecule is O=C1C(=C=Cc2cccc(C(F)(F)F)c2)CCC=C1I. The van der Waals surface area contributed by atoms with E-state index in [1.54, 1.807) is 6.07 Å². The number of hydrogen-bond acceptors (Lipinski definition) is 1. The molecule has 1 aromatic rings. The highest BCUT2D eigenvalue weighted by Crippen LogP contribution is 2.30. The lowest BCUT2D eigenvalue weighted by molar-refractivity contribution is -0.137. The first-order valence-corrected chi connectivity index (χ1v) is 6.99. The van der Waals surface area contributed by atoms with Crippen LogP contribution in [-0.4, -0.2) is 5.78 Å². The molecule has 0 atom stereocenters. The van der Waals surface area contributed by atoms with E-state index in [4.69, 9.17) is 0 Å². The van der Waals surface area contributed by atoms with Crippen LogP contribution in [0.3, 0.4) is 0 Å². The lowest BCUT2D eigenvalue weighted by Crippen LogP contribution is -2.05. The molecule has 2 rings (SSSR count). The van der Waals surface area contributed by atoms with Gasteiger partial charge in [-0.15, -0.1) is 5.73 Å². The van der Waals surface area contributed by atoms with Gasteiger partial charge in [0.15, 0.2) is 0 Å². The molecule has 0 N–H and O–H groups in total. The third-order valence-corrected chi connectivity index (χ3v) is 3.77. The summed E-state index contributed by atoms with van der Waals surface area (Å²) in [5.41, 5.74) is 3.01. The maximum atomic E-state index is 12.6. The van der Waals surface area contributed by atoms with Gasteiger partial charge in [-0.2, -0.15) is 13.2 Å². The molecule has 5 heteroatoms. The fourth-order valence-corrected chi connectivity index (χ4v) is 2.44. The van der Waals surface area contributed by atoms with Gasteiger partial charge in [0.05, 0.1) is 9.14 Å². The lowest BCUT2D eigenvalue weighted by atomic mass is 10.00. The Morgan fingerprint density at radius 1 is 1.30 bits per heavy atom. The fraction of sp³-hybridized carbons (Fsp3) is 0.200. The second kappa shape index (κ2) is 5.97. The van der Waals surface area contributed by atoms with Gasteiger partial charge in [0.1, 0.15) is 0 Å². The van der Waals surface area contributed by atoms with E-state index in [0.717, 1.165) is 18.6 Å². The molecule has 1 aliphatic rings. The van der Waals surface area contributed by atoms with Crippen LogP contribution >= 0.6 is 22.6 Å². The zero-order valence-electron chi connectivity index (χ0n) is 10.3. The van der Waals surface area contributed by atoms with Crippen LogP contribution in [0.15, 0.2) is 45.2 Å². The molecular weight excluding hydrogens is 380 g/mol. The van der Waals surface area contributed by atoms with Gasteiger partial charge >= 0.3 is 6.18 Å². The Morgan fingerprint density at radius 2 is 2.05 bits per heavy atom. The number of allylic oxidation sites excluding steroid dienone is 3. The molecule has 0 bridgehead atoms. The van der Waals surface area contributed by atoms with E-state index in [9.17, 15) is 18.0 Å². The molecule has 0 amide bonds. The molecule has 1 aliphatic carbocycles. The molecule has 0 aromatic heterocycles. The molecule has 0 saturated heterocycles. The normalized spacial score (nSPS) is 15.7. The first-order chi connectivity index (χ1) is 9.38. The van der Waals surface area contributed by atoms with E-state index < -0.39 is 11.7 Å². The van der Waals surface area contributed by atoms with Crippen LogP contribution < -0.4 is 0 Å². The van der Waals surface area contributed by atoms with Gasteiger partial charge in [-0.3, -0.25) is 4.79 Å². The van der Waals surface area contributed by atoms with Gasteiger partial charge < -0.3 is 0 Å². The number of carbonyl (C=O) groups is 1. The van der Waals surface area contributed by atoms with Crippen molar-refractivity contribution in [1.82, 2.24) is 0 Å².